The summed E-state index contributed by atoms with van der Waals surface area (Å²) >= 11 is 5.00. The second-order valence-electron chi connectivity index (χ2n) is 4.95. The molecule has 0 aromatic carbocycles. The average molecular weight is 224 g/mol. The van der Waals surface area contributed by atoms with Crippen LogP contribution in [0, 0.1) is 22.5 Å². The average Bonchev–Trinajstić information content (AvgIpc) is 2.89. The first-order valence-corrected chi connectivity index (χ1v) is 6.06. The summed E-state index contributed by atoms with van der Waals surface area (Å²) in [5.41, 5.74) is 0. The molecule has 2 aliphatic rings. The summed E-state index contributed by atoms with van der Waals surface area (Å²) in [5.74, 6) is 9.40. The summed E-state index contributed by atoms with van der Waals surface area (Å²) in [6.07, 6.45) is 6.64. The van der Waals surface area contributed by atoms with Gasteiger partial charge in [-0.05, 0) is 49.2 Å². The molecule has 3 rings (SSSR count). The lowest BCUT2D eigenvalue weighted by Crippen LogP contribution is -2.19. The lowest BCUT2D eigenvalue weighted by molar-refractivity contribution is 0.325. The molecule has 1 aromatic heterocycles. The smallest absolute Gasteiger partial charge is 0.214 e. The van der Waals surface area contributed by atoms with Gasteiger partial charge in [0, 0.05) is 6.42 Å². The van der Waals surface area contributed by atoms with Crippen molar-refractivity contribution < 1.29 is 0 Å². The molecule has 3 N–H and O–H groups in total. The molecule has 5 heteroatoms. The van der Waals surface area contributed by atoms with Crippen LogP contribution >= 0.6 is 12.2 Å². The summed E-state index contributed by atoms with van der Waals surface area (Å²) < 4.78 is 2.04. The largest absolute Gasteiger partial charge is 0.335 e. The first kappa shape index (κ1) is 9.39. The highest BCUT2D eigenvalue weighted by Gasteiger charge is 2.39. The molecule has 15 heavy (non-hydrogen) atoms. The van der Waals surface area contributed by atoms with Gasteiger partial charge in [0.15, 0.2) is 5.82 Å². The maximum absolute atomic E-state index is 5.80. The molecule has 2 bridgehead atoms. The number of nitrogen functional groups attached to an aromatic ring is 1. The van der Waals surface area contributed by atoms with Crippen molar-refractivity contribution >= 4 is 12.2 Å². The monoisotopic (exact) mass is 224 g/mol. The number of H-pyrrole nitrogens is 1. The van der Waals surface area contributed by atoms with Crippen molar-refractivity contribution in [1.29, 1.82) is 0 Å². The van der Waals surface area contributed by atoms with Crippen molar-refractivity contribution in [1.82, 2.24) is 14.9 Å². The topological polar surface area (TPSA) is 59.6 Å². The highest BCUT2D eigenvalue weighted by Crippen LogP contribution is 2.49. The number of fused-ring (bicyclic) bond motifs is 2. The number of aromatic amines is 1. The minimum atomic E-state index is 0.521. The number of rotatable bonds is 2. The van der Waals surface area contributed by atoms with E-state index < -0.39 is 0 Å². The second kappa shape index (κ2) is 3.33. The van der Waals surface area contributed by atoms with Crippen LogP contribution in [0.3, 0.4) is 0 Å². The van der Waals surface area contributed by atoms with Crippen LogP contribution in [0.25, 0.3) is 0 Å². The molecule has 0 saturated heterocycles. The quantitative estimate of drug-likeness (QED) is 0.593. The van der Waals surface area contributed by atoms with Crippen molar-refractivity contribution in [2.75, 3.05) is 5.84 Å². The number of hydrogen-bond donors (Lipinski definition) is 2. The summed E-state index contributed by atoms with van der Waals surface area (Å²) in [5, 5.41) is 6.93. The molecular formula is C10H16N4S. The summed E-state index contributed by atoms with van der Waals surface area (Å²) in [6, 6.07) is 0. The second-order valence-corrected chi connectivity index (χ2v) is 5.34. The van der Waals surface area contributed by atoms with E-state index in [2.05, 4.69) is 10.2 Å². The van der Waals surface area contributed by atoms with E-state index in [0.29, 0.717) is 4.77 Å². The molecule has 0 aliphatic heterocycles. The van der Waals surface area contributed by atoms with Gasteiger partial charge in [0.25, 0.3) is 0 Å². The van der Waals surface area contributed by atoms with Crippen LogP contribution in [-0.2, 0) is 6.42 Å². The summed E-state index contributed by atoms with van der Waals surface area (Å²) in [7, 11) is 0. The lowest BCUT2D eigenvalue weighted by atomic mass is 9.86. The van der Waals surface area contributed by atoms with Crippen LogP contribution in [-0.4, -0.2) is 14.9 Å². The fourth-order valence-corrected chi connectivity index (χ4v) is 3.49. The summed E-state index contributed by atoms with van der Waals surface area (Å²) in [4.78, 5) is 0. The molecule has 4 nitrogen and oxygen atoms in total. The zero-order chi connectivity index (χ0) is 10.4. The van der Waals surface area contributed by atoms with Gasteiger partial charge in [-0.2, -0.15) is 5.10 Å². The fourth-order valence-electron chi connectivity index (χ4n) is 3.34. The highest BCUT2D eigenvalue weighted by molar-refractivity contribution is 7.71. The van der Waals surface area contributed by atoms with Crippen LogP contribution < -0.4 is 5.84 Å². The van der Waals surface area contributed by atoms with Gasteiger partial charge < -0.3 is 5.84 Å². The highest BCUT2D eigenvalue weighted by atomic mass is 32.1. The molecule has 2 aliphatic carbocycles. The normalized spacial score (nSPS) is 33.7. The van der Waals surface area contributed by atoms with Gasteiger partial charge in [0.05, 0.1) is 0 Å². The van der Waals surface area contributed by atoms with Gasteiger partial charge in [-0.3, -0.25) is 5.10 Å². The van der Waals surface area contributed by atoms with Crippen LogP contribution in [0.15, 0.2) is 0 Å². The Morgan fingerprint density at radius 3 is 2.87 bits per heavy atom. The Kier molecular flexibility index (Phi) is 2.09. The van der Waals surface area contributed by atoms with Crippen LogP contribution in [0.4, 0.5) is 0 Å². The number of nitrogens with one attached hydrogen (secondary N) is 1. The maximum atomic E-state index is 5.80. The van der Waals surface area contributed by atoms with Crippen molar-refractivity contribution in [2.24, 2.45) is 17.8 Å². The summed E-state index contributed by atoms with van der Waals surface area (Å²) in [6.45, 7) is 0. The molecule has 0 amide bonds. The van der Waals surface area contributed by atoms with Crippen molar-refractivity contribution in [3.8, 4) is 0 Å². The Balaban J connectivity index is 1.76. The third-order valence-electron chi connectivity index (χ3n) is 4.11. The van der Waals surface area contributed by atoms with E-state index in [1.165, 1.54) is 30.4 Å². The molecule has 0 radical (unpaired) electrons. The molecule has 2 fully saturated rings. The SMILES string of the molecule is Nn1c(CC2C[C@@H]3CC[C@H]2C3)n[nH]c1=S. The van der Waals surface area contributed by atoms with Gasteiger partial charge in [-0.1, -0.05) is 6.42 Å². The van der Waals surface area contributed by atoms with E-state index in [1.807, 2.05) is 0 Å². The Bertz CT molecular complexity index is 421. The van der Waals surface area contributed by atoms with Gasteiger partial charge in [-0.25, -0.2) is 4.68 Å². The predicted octanol–water partition coefficient (Wildman–Crippen LogP) is 1.63. The Labute approximate surface area is 93.8 Å². The van der Waals surface area contributed by atoms with Crippen LogP contribution in [0.1, 0.15) is 31.5 Å². The first-order chi connectivity index (χ1) is 7.24. The molecule has 0 spiro atoms. The van der Waals surface area contributed by atoms with E-state index in [1.54, 1.807) is 0 Å². The van der Waals surface area contributed by atoms with Crippen LogP contribution in [0.2, 0.25) is 0 Å². The number of nitrogens with zero attached hydrogens (tertiary/aromatic N) is 2. The molecule has 1 heterocycles. The third kappa shape index (κ3) is 1.49. The molecular weight excluding hydrogens is 208 g/mol. The molecule has 1 aromatic rings. The van der Waals surface area contributed by atoms with Gasteiger partial charge >= 0.3 is 0 Å². The minimum absolute atomic E-state index is 0.521. The zero-order valence-corrected chi connectivity index (χ0v) is 9.46. The van der Waals surface area contributed by atoms with Crippen molar-refractivity contribution in [3.63, 3.8) is 0 Å². The van der Waals surface area contributed by atoms with E-state index in [4.69, 9.17) is 18.1 Å². The van der Waals surface area contributed by atoms with E-state index in [-0.39, 0.29) is 0 Å². The maximum Gasteiger partial charge on any atom is 0.214 e. The standard InChI is InChI=1S/C10H16N4S/c11-14-9(12-13-10(14)15)5-8-4-6-1-2-7(8)3-6/h6-8H,1-5,11H2,(H,13,15)/t6-,7+,8?/m1/s1. The van der Waals surface area contributed by atoms with E-state index >= 15 is 0 Å². The Morgan fingerprint density at radius 2 is 2.33 bits per heavy atom. The van der Waals surface area contributed by atoms with Crippen LogP contribution in [0.5, 0.6) is 0 Å². The third-order valence-corrected chi connectivity index (χ3v) is 4.39. The lowest BCUT2D eigenvalue weighted by Gasteiger charge is -2.20. The molecule has 3 atom stereocenters. The first-order valence-electron chi connectivity index (χ1n) is 5.65. The predicted molar refractivity (Wildman–Crippen MR) is 60.2 cm³/mol. The molecule has 2 saturated carbocycles. The minimum Gasteiger partial charge on any atom is -0.335 e. The zero-order valence-electron chi connectivity index (χ0n) is 8.65. The number of aromatic nitrogens is 3. The van der Waals surface area contributed by atoms with Gasteiger partial charge in [-0.15, -0.1) is 0 Å². The molecule has 82 valence electrons. The Hall–Kier alpha value is -0.840. The fraction of sp³-hybridized carbons (Fsp3) is 0.800. The van der Waals surface area contributed by atoms with E-state index in [0.717, 1.165) is 30.0 Å². The number of nitrogens with two attached hydrogens (primary N) is 1. The Morgan fingerprint density at radius 1 is 1.47 bits per heavy atom. The van der Waals surface area contributed by atoms with Crippen molar-refractivity contribution in [3.05, 3.63) is 10.6 Å². The van der Waals surface area contributed by atoms with Crippen molar-refractivity contribution in [2.45, 2.75) is 32.1 Å². The van der Waals surface area contributed by atoms with Gasteiger partial charge in [0.2, 0.25) is 4.77 Å². The number of hydrogen-bond acceptors (Lipinski definition) is 3. The van der Waals surface area contributed by atoms with Gasteiger partial charge in [0.1, 0.15) is 0 Å². The van der Waals surface area contributed by atoms with E-state index in [9.17, 15) is 0 Å². The molecule has 1 unspecified atom stereocenters.